The van der Waals surface area contributed by atoms with Crippen molar-refractivity contribution in [2.75, 3.05) is 9.80 Å². The molecule has 0 atom stereocenters. The van der Waals surface area contributed by atoms with Gasteiger partial charge in [-0.1, -0.05) is 169 Å². The summed E-state index contributed by atoms with van der Waals surface area (Å²) in [4.78, 5) is 9.81. The summed E-state index contributed by atoms with van der Waals surface area (Å²) in [7, 11) is -7.07. The third-order valence-electron chi connectivity index (χ3n) is 12.3. The molecule has 332 valence electrons. The standard InChI is InChI=1S/C58H54N2O2S2Si3/c1-65(2,49-39-31-45(32-40-49)25-23-43-27-35-47(36-28-43)59-51-15-7-11-19-55(51)63-56-20-12-8-16-52(56)59)61-67(5,6)62-66(3,4)50-41-33-46(34-42-50)26-24-44-29-37-48(38-30-44)60-53-17-9-13-21-57(53)64-58-22-14-10-18-54(58)60/h7-42H,1-6H3. The molecule has 0 fully saturated rings. The highest BCUT2D eigenvalue weighted by atomic mass is 32.2. The number of benzene rings is 8. The number of anilines is 6. The third kappa shape index (κ3) is 9.77. The van der Waals surface area contributed by atoms with Crippen molar-refractivity contribution in [1.82, 2.24) is 0 Å². The monoisotopic (exact) mass is 958 g/mol. The average molecular weight is 959 g/mol. The molecule has 0 amide bonds. The Morgan fingerprint density at radius 3 is 0.866 bits per heavy atom. The number of nitrogens with zero attached hydrogens (tertiary/aromatic N) is 2. The zero-order valence-electron chi connectivity index (χ0n) is 38.8. The molecule has 0 saturated heterocycles. The first-order valence-electron chi connectivity index (χ1n) is 22.9. The summed E-state index contributed by atoms with van der Waals surface area (Å²) in [6.07, 6.45) is 8.77. The number of para-hydroxylation sites is 4. The van der Waals surface area contributed by atoms with Crippen LogP contribution in [-0.2, 0) is 8.23 Å². The van der Waals surface area contributed by atoms with Crippen LogP contribution in [0.25, 0.3) is 24.3 Å². The van der Waals surface area contributed by atoms with E-state index in [4.69, 9.17) is 8.23 Å². The molecule has 0 N–H and O–H groups in total. The lowest BCUT2D eigenvalue weighted by Gasteiger charge is -2.39. The number of rotatable bonds is 12. The predicted molar refractivity (Wildman–Crippen MR) is 295 cm³/mol. The molecule has 9 heteroatoms. The van der Waals surface area contributed by atoms with Crippen molar-refractivity contribution in [3.63, 3.8) is 0 Å². The second-order valence-corrected chi connectivity index (χ2v) is 32.3. The molecule has 2 aliphatic rings. The Hall–Kier alpha value is -5.89. The fourth-order valence-corrected chi connectivity index (χ4v) is 24.5. The molecule has 0 radical (unpaired) electrons. The van der Waals surface area contributed by atoms with E-state index in [-0.39, 0.29) is 0 Å². The van der Waals surface area contributed by atoms with Gasteiger partial charge in [-0.05, 0) is 145 Å². The van der Waals surface area contributed by atoms with E-state index in [1.165, 1.54) is 52.7 Å². The van der Waals surface area contributed by atoms with Gasteiger partial charge in [-0.25, -0.2) is 0 Å². The van der Waals surface area contributed by atoms with Crippen molar-refractivity contribution in [1.29, 1.82) is 0 Å². The lowest BCUT2D eigenvalue weighted by molar-refractivity contribution is 0.401. The normalized spacial score (nSPS) is 13.6. The topological polar surface area (TPSA) is 24.9 Å². The highest BCUT2D eigenvalue weighted by molar-refractivity contribution is 8.00. The van der Waals surface area contributed by atoms with Crippen LogP contribution in [0.3, 0.4) is 0 Å². The molecule has 0 aliphatic carbocycles. The second kappa shape index (κ2) is 18.7. The van der Waals surface area contributed by atoms with Gasteiger partial charge in [0.25, 0.3) is 0 Å². The van der Waals surface area contributed by atoms with Crippen LogP contribution < -0.4 is 20.2 Å². The van der Waals surface area contributed by atoms with Gasteiger partial charge >= 0.3 is 8.56 Å². The third-order valence-corrected chi connectivity index (χ3v) is 26.0. The largest absolute Gasteiger partial charge is 0.433 e. The molecule has 8 aromatic carbocycles. The maximum absolute atomic E-state index is 7.09. The van der Waals surface area contributed by atoms with E-state index in [0.717, 1.165) is 33.6 Å². The van der Waals surface area contributed by atoms with Crippen LogP contribution in [0.15, 0.2) is 214 Å². The Morgan fingerprint density at radius 2 is 0.582 bits per heavy atom. The van der Waals surface area contributed by atoms with Gasteiger partial charge in [-0.2, -0.15) is 0 Å². The Balaban J connectivity index is 0.752. The van der Waals surface area contributed by atoms with Crippen LogP contribution in [0.2, 0.25) is 39.3 Å². The summed E-state index contributed by atoms with van der Waals surface area (Å²) in [6.45, 7) is 13.6. The fourth-order valence-electron chi connectivity index (χ4n) is 9.18. The first kappa shape index (κ1) is 44.9. The van der Waals surface area contributed by atoms with E-state index in [2.05, 4.69) is 268 Å². The maximum Gasteiger partial charge on any atom is 0.311 e. The van der Waals surface area contributed by atoms with Gasteiger partial charge < -0.3 is 18.0 Å². The van der Waals surface area contributed by atoms with Crippen molar-refractivity contribution in [3.8, 4) is 0 Å². The summed E-state index contributed by atoms with van der Waals surface area (Å²) >= 11 is 3.67. The van der Waals surface area contributed by atoms with E-state index in [1.807, 2.05) is 23.5 Å². The number of fused-ring (bicyclic) bond motifs is 4. The Kier molecular flexibility index (Phi) is 12.5. The van der Waals surface area contributed by atoms with Crippen LogP contribution in [0.1, 0.15) is 22.3 Å². The lowest BCUT2D eigenvalue weighted by Crippen LogP contribution is -2.59. The minimum absolute atomic E-state index is 1.15. The molecule has 2 aliphatic heterocycles. The van der Waals surface area contributed by atoms with Gasteiger partial charge in [0.1, 0.15) is 0 Å². The predicted octanol–water partition coefficient (Wildman–Crippen LogP) is 16.2. The molecule has 0 aromatic heterocycles. The molecule has 2 heterocycles. The zero-order valence-corrected chi connectivity index (χ0v) is 43.4. The van der Waals surface area contributed by atoms with E-state index >= 15 is 0 Å². The Morgan fingerprint density at radius 1 is 0.328 bits per heavy atom. The Bertz CT molecular complexity index is 2810. The fraction of sp³-hybridized carbons (Fsp3) is 0.103. The van der Waals surface area contributed by atoms with Crippen LogP contribution in [0.5, 0.6) is 0 Å². The van der Waals surface area contributed by atoms with Gasteiger partial charge in [0, 0.05) is 31.0 Å². The van der Waals surface area contributed by atoms with Gasteiger partial charge in [0.2, 0.25) is 16.6 Å². The molecular formula is C58H54N2O2S2Si3. The van der Waals surface area contributed by atoms with Crippen molar-refractivity contribution in [2.24, 2.45) is 0 Å². The van der Waals surface area contributed by atoms with Gasteiger partial charge in [-0.15, -0.1) is 0 Å². The summed E-state index contributed by atoms with van der Waals surface area (Å²) in [5, 5.41) is 2.54. The highest BCUT2D eigenvalue weighted by Crippen LogP contribution is 2.52. The van der Waals surface area contributed by atoms with Gasteiger partial charge in [0.05, 0.1) is 22.7 Å². The minimum Gasteiger partial charge on any atom is -0.433 e. The average Bonchev–Trinajstić information content (AvgIpc) is 3.33. The molecule has 0 saturated carbocycles. The van der Waals surface area contributed by atoms with Crippen molar-refractivity contribution >= 4 is 118 Å². The van der Waals surface area contributed by atoms with Gasteiger partial charge in [0.15, 0.2) is 0 Å². The number of hydrogen-bond donors (Lipinski definition) is 0. The molecular weight excluding hydrogens is 905 g/mol. The smallest absolute Gasteiger partial charge is 0.311 e. The van der Waals surface area contributed by atoms with Crippen LogP contribution in [0.4, 0.5) is 34.1 Å². The van der Waals surface area contributed by atoms with E-state index in [1.54, 1.807) is 0 Å². The molecule has 0 unspecified atom stereocenters. The maximum atomic E-state index is 7.09. The van der Waals surface area contributed by atoms with Crippen LogP contribution in [0, 0.1) is 0 Å². The molecule has 0 bridgehead atoms. The quantitative estimate of drug-likeness (QED) is 0.0894. The van der Waals surface area contributed by atoms with E-state index in [9.17, 15) is 0 Å². The van der Waals surface area contributed by atoms with Crippen molar-refractivity contribution < 1.29 is 8.23 Å². The lowest BCUT2D eigenvalue weighted by atomic mass is 10.1. The first-order chi connectivity index (χ1) is 32.4. The summed E-state index contributed by atoms with van der Waals surface area (Å²) in [5.41, 5.74) is 11.8. The zero-order chi connectivity index (χ0) is 46.2. The molecule has 4 nitrogen and oxygen atoms in total. The summed E-state index contributed by atoms with van der Waals surface area (Å²) in [5.74, 6) is 0. The van der Waals surface area contributed by atoms with Crippen molar-refractivity contribution in [3.05, 3.63) is 216 Å². The first-order valence-corrected chi connectivity index (χ1v) is 33.2. The minimum atomic E-state index is -2.51. The second-order valence-electron chi connectivity index (χ2n) is 18.5. The molecule has 8 aromatic rings. The molecule has 67 heavy (non-hydrogen) atoms. The van der Waals surface area contributed by atoms with Crippen LogP contribution in [-0.4, -0.2) is 25.2 Å². The van der Waals surface area contributed by atoms with Crippen molar-refractivity contribution in [2.45, 2.75) is 58.9 Å². The summed E-state index contributed by atoms with van der Waals surface area (Å²) in [6, 6.07) is 70.1. The van der Waals surface area contributed by atoms with Crippen LogP contribution >= 0.6 is 23.5 Å². The highest BCUT2D eigenvalue weighted by Gasteiger charge is 2.41. The van der Waals surface area contributed by atoms with E-state index < -0.39 is 25.2 Å². The number of hydrogen-bond acceptors (Lipinski definition) is 6. The summed E-state index contributed by atoms with van der Waals surface area (Å²) < 4.78 is 14.2. The molecule has 10 rings (SSSR count). The molecule has 0 spiro atoms. The van der Waals surface area contributed by atoms with E-state index in [0.29, 0.717) is 0 Å². The SMILES string of the molecule is C[Si](C)(O[Si](C)(C)c1ccc(C=Cc2ccc(N3c4ccccc4Sc4ccccc43)cc2)cc1)O[Si](C)(C)c1ccc(C=Cc2ccc(N3c4ccccc4Sc4ccccc43)cc2)cc1. The Labute approximate surface area is 408 Å². The van der Waals surface area contributed by atoms with Gasteiger partial charge in [-0.3, -0.25) is 0 Å².